The zero-order chi connectivity index (χ0) is 13.8. The number of rotatable bonds is 6. The van der Waals surface area contributed by atoms with Gasteiger partial charge in [0.15, 0.2) is 0 Å². The second-order valence-electron chi connectivity index (χ2n) is 6.69. The smallest absolute Gasteiger partial charge is 0.0376 e. The van der Waals surface area contributed by atoms with Crippen LogP contribution in [0.4, 0.5) is 5.69 Å². The molecule has 1 aromatic rings. The van der Waals surface area contributed by atoms with Crippen LogP contribution in [-0.2, 0) is 0 Å². The molecular formula is C18H28N2. The highest BCUT2D eigenvalue weighted by Gasteiger charge is 2.31. The van der Waals surface area contributed by atoms with Crippen LogP contribution in [0.2, 0.25) is 0 Å². The summed E-state index contributed by atoms with van der Waals surface area (Å²) in [7, 11) is 0. The van der Waals surface area contributed by atoms with Crippen LogP contribution in [0.15, 0.2) is 24.3 Å². The molecule has 1 aromatic carbocycles. The molecule has 20 heavy (non-hydrogen) atoms. The monoisotopic (exact) mass is 272 g/mol. The van der Waals surface area contributed by atoms with Crippen molar-refractivity contribution < 1.29 is 0 Å². The van der Waals surface area contributed by atoms with Crippen LogP contribution in [0.1, 0.15) is 56.9 Å². The minimum Gasteiger partial charge on any atom is -0.384 e. The Hall–Kier alpha value is -1.02. The molecule has 2 nitrogen and oxygen atoms in total. The molecule has 0 spiro atoms. The predicted octanol–water partition coefficient (Wildman–Crippen LogP) is 4.15. The van der Waals surface area contributed by atoms with Gasteiger partial charge in [0, 0.05) is 24.7 Å². The van der Waals surface area contributed by atoms with E-state index < -0.39 is 0 Å². The molecule has 1 atom stereocenters. The van der Waals surface area contributed by atoms with Crippen molar-refractivity contribution in [2.45, 2.75) is 51.4 Å². The van der Waals surface area contributed by atoms with E-state index in [0.29, 0.717) is 11.3 Å². The third-order valence-electron chi connectivity index (χ3n) is 5.52. The number of benzene rings is 1. The lowest BCUT2D eigenvalue weighted by Crippen LogP contribution is -2.32. The first-order chi connectivity index (χ1) is 9.83. The quantitative estimate of drug-likeness (QED) is 0.760. The van der Waals surface area contributed by atoms with Gasteiger partial charge in [0.05, 0.1) is 0 Å². The molecule has 1 aliphatic carbocycles. The van der Waals surface area contributed by atoms with Crippen LogP contribution in [0.25, 0.3) is 0 Å². The molecule has 110 valence electrons. The lowest BCUT2D eigenvalue weighted by atomic mass is 9.83. The molecular weight excluding hydrogens is 244 g/mol. The van der Waals surface area contributed by atoms with Gasteiger partial charge in [-0.15, -0.1) is 0 Å². The normalized spacial score (nSPS) is 23.6. The summed E-state index contributed by atoms with van der Waals surface area (Å²) in [5.74, 6) is 0.694. The Labute approximate surface area is 123 Å². The lowest BCUT2D eigenvalue weighted by molar-refractivity contribution is 0.268. The van der Waals surface area contributed by atoms with Gasteiger partial charge >= 0.3 is 0 Å². The van der Waals surface area contributed by atoms with E-state index in [4.69, 9.17) is 0 Å². The van der Waals surface area contributed by atoms with Crippen LogP contribution in [-0.4, -0.2) is 19.6 Å². The standard InChI is InChI=1S/C18H28N2/c1-2-18(10-5-6-11-18)14-19-12-9-15-13-20-17-8-4-3-7-16(15)17/h3-4,7-8,15,19-20H,2,5-6,9-14H2,1H3. The van der Waals surface area contributed by atoms with Crippen molar-refractivity contribution in [1.82, 2.24) is 5.32 Å². The highest BCUT2D eigenvalue weighted by atomic mass is 14.9. The lowest BCUT2D eigenvalue weighted by Gasteiger charge is -2.28. The van der Waals surface area contributed by atoms with Gasteiger partial charge in [0.2, 0.25) is 0 Å². The summed E-state index contributed by atoms with van der Waals surface area (Å²) < 4.78 is 0. The van der Waals surface area contributed by atoms with Gasteiger partial charge < -0.3 is 10.6 Å². The van der Waals surface area contributed by atoms with Crippen LogP contribution in [0, 0.1) is 5.41 Å². The largest absolute Gasteiger partial charge is 0.384 e. The van der Waals surface area contributed by atoms with E-state index >= 15 is 0 Å². The summed E-state index contributed by atoms with van der Waals surface area (Å²) in [6, 6.07) is 8.77. The minimum absolute atomic E-state index is 0.617. The van der Waals surface area contributed by atoms with Crippen molar-refractivity contribution in [3.63, 3.8) is 0 Å². The van der Waals surface area contributed by atoms with Gasteiger partial charge in [0.1, 0.15) is 0 Å². The summed E-state index contributed by atoms with van der Waals surface area (Å²) in [6.45, 7) is 5.86. The summed E-state index contributed by atoms with van der Waals surface area (Å²) in [4.78, 5) is 0. The number of hydrogen-bond donors (Lipinski definition) is 2. The minimum atomic E-state index is 0.617. The van der Waals surface area contributed by atoms with Crippen molar-refractivity contribution in [3.8, 4) is 0 Å². The summed E-state index contributed by atoms with van der Waals surface area (Å²) in [5.41, 5.74) is 3.48. The van der Waals surface area contributed by atoms with Crippen molar-refractivity contribution in [3.05, 3.63) is 29.8 Å². The van der Waals surface area contributed by atoms with Gasteiger partial charge in [-0.1, -0.05) is 38.0 Å². The number of nitrogens with one attached hydrogen (secondary N) is 2. The van der Waals surface area contributed by atoms with Crippen molar-refractivity contribution >= 4 is 5.69 Å². The first-order valence-electron chi connectivity index (χ1n) is 8.36. The Morgan fingerprint density at radius 1 is 1.25 bits per heavy atom. The molecule has 0 radical (unpaired) electrons. The molecule has 2 heteroatoms. The second-order valence-corrected chi connectivity index (χ2v) is 6.69. The van der Waals surface area contributed by atoms with E-state index in [9.17, 15) is 0 Å². The first kappa shape index (κ1) is 13.9. The topological polar surface area (TPSA) is 24.1 Å². The number of anilines is 1. The van der Waals surface area contributed by atoms with E-state index in [2.05, 4.69) is 41.8 Å². The fraction of sp³-hybridized carbons (Fsp3) is 0.667. The third kappa shape index (κ3) is 2.85. The Morgan fingerprint density at radius 3 is 2.85 bits per heavy atom. The molecule has 0 amide bonds. The maximum atomic E-state index is 3.75. The average molecular weight is 272 g/mol. The summed E-state index contributed by atoms with van der Waals surface area (Å²) in [5, 5.41) is 7.27. The van der Waals surface area contributed by atoms with E-state index in [1.165, 1.54) is 56.3 Å². The van der Waals surface area contributed by atoms with Crippen LogP contribution in [0.3, 0.4) is 0 Å². The Balaban J connectivity index is 1.45. The van der Waals surface area contributed by atoms with Crippen LogP contribution in [0.5, 0.6) is 0 Å². The maximum Gasteiger partial charge on any atom is 0.0376 e. The molecule has 1 saturated carbocycles. The second kappa shape index (κ2) is 6.17. The zero-order valence-corrected chi connectivity index (χ0v) is 12.8. The number of fused-ring (bicyclic) bond motifs is 1. The Bertz CT molecular complexity index is 435. The van der Waals surface area contributed by atoms with E-state index in [1.54, 1.807) is 0 Å². The first-order valence-corrected chi connectivity index (χ1v) is 8.36. The van der Waals surface area contributed by atoms with Crippen LogP contribution >= 0.6 is 0 Å². The average Bonchev–Trinajstić information content (AvgIpc) is 3.12. The van der Waals surface area contributed by atoms with Crippen molar-refractivity contribution in [2.75, 3.05) is 25.0 Å². The van der Waals surface area contributed by atoms with Gasteiger partial charge in [-0.2, -0.15) is 0 Å². The van der Waals surface area contributed by atoms with Gasteiger partial charge in [-0.25, -0.2) is 0 Å². The molecule has 3 rings (SSSR count). The fourth-order valence-electron chi connectivity index (χ4n) is 4.02. The van der Waals surface area contributed by atoms with Gasteiger partial charge in [0.25, 0.3) is 0 Å². The maximum absolute atomic E-state index is 3.75. The molecule has 2 N–H and O–H groups in total. The van der Waals surface area contributed by atoms with Crippen LogP contribution < -0.4 is 10.6 Å². The Morgan fingerprint density at radius 2 is 2.05 bits per heavy atom. The highest BCUT2D eigenvalue weighted by molar-refractivity contribution is 5.57. The van der Waals surface area contributed by atoms with E-state index in [1.807, 2.05) is 0 Å². The molecule has 0 saturated heterocycles. The fourth-order valence-corrected chi connectivity index (χ4v) is 4.02. The SMILES string of the molecule is CCC1(CNCCC2CNc3ccccc32)CCCC1. The molecule has 1 heterocycles. The highest BCUT2D eigenvalue weighted by Crippen LogP contribution is 2.40. The van der Waals surface area contributed by atoms with Gasteiger partial charge in [-0.05, 0) is 49.3 Å². The Kier molecular flexibility index (Phi) is 4.30. The number of hydrogen-bond acceptors (Lipinski definition) is 2. The van der Waals surface area contributed by atoms with Crippen molar-refractivity contribution in [2.24, 2.45) is 5.41 Å². The number of para-hydroxylation sites is 1. The molecule has 0 bridgehead atoms. The van der Waals surface area contributed by atoms with E-state index in [0.717, 1.165) is 13.1 Å². The summed E-state index contributed by atoms with van der Waals surface area (Å²) in [6.07, 6.45) is 8.34. The molecule has 1 unspecified atom stereocenters. The molecule has 2 aliphatic rings. The van der Waals surface area contributed by atoms with E-state index in [-0.39, 0.29) is 0 Å². The van der Waals surface area contributed by atoms with Crippen molar-refractivity contribution in [1.29, 1.82) is 0 Å². The van der Waals surface area contributed by atoms with Gasteiger partial charge in [-0.3, -0.25) is 0 Å². The zero-order valence-electron chi connectivity index (χ0n) is 12.8. The summed E-state index contributed by atoms with van der Waals surface area (Å²) >= 11 is 0. The third-order valence-corrected chi connectivity index (χ3v) is 5.52. The molecule has 1 fully saturated rings. The molecule has 0 aromatic heterocycles. The predicted molar refractivity (Wildman–Crippen MR) is 86.4 cm³/mol. The molecule has 1 aliphatic heterocycles.